The van der Waals surface area contributed by atoms with E-state index < -0.39 is 6.10 Å². The number of benzene rings is 1. The number of ether oxygens (including phenoxy) is 2. The molecule has 1 saturated heterocycles. The molecule has 5 heteroatoms. The van der Waals surface area contributed by atoms with Crippen LogP contribution in [0.15, 0.2) is 22.7 Å². The molecule has 2 N–H and O–H groups in total. The van der Waals surface area contributed by atoms with Crippen LogP contribution in [0, 0.1) is 0 Å². The molecule has 1 aliphatic heterocycles. The van der Waals surface area contributed by atoms with Gasteiger partial charge in [0.15, 0.2) is 6.10 Å². The molecule has 1 aromatic rings. The zero-order valence-corrected chi connectivity index (χ0v) is 11.1. The molecular formula is C12H14BrNO3. The summed E-state index contributed by atoms with van der Waals surface area (Å²) in [7, 11) is 0. The zero-order valence-electron chi connectivity index (χ0n) is 9.48. The number of hydrogen-bond donors (Lipinski definition) is 1. The molecule has 17 heavy (non-hydrogen) atoms. The Kier molecular flexibility index (Phi) is 3.69. The molecule has 1 aliphatic rings. The highest BCUT2D eigenvalue weighted by atomic mass is 79.9. The zero-order chi connectivity index (χ0) is 12.4. The van der Waals surface area contributed by atoms with Gasteiger partial charge in [-0.15, -0.1) is 0 Å². The Labute approximate surface area is 108 Å². The Morgan fingerprint density at radius 1 is 1.59 bits per heavy atom. The minimum atomic E-state index is -0.506. The van der Waals surface area contributed by atoms with E-state index >= 15 is 0 Å². The van der Waals surface area contributed by atoms with Gasteiger partial charge in [-0.25, -0.2) is 4.79 Å². The van der Waals surface area contributed by atoms with Crippen molar-refractivity contribution in [3.05, 3.63) is 28.2 Å². The predicted molar refractivity (Wildman–Crippen MR) is 66.7 cm³/mol. The average Bonchev–Trinajstić information content (AvgIpc) is 2.67. The molecule has 2 atom stereocenters. The molecule has 1 aromatic carbocycles. The normalized spacial score (nSPS) is 21.1. The minimum Gasteiger partial charge on any atom is -0.478 e. The largest absolute Gasteiger partial charge is 0.478 e. The number of rotatable bonds is 3. The van der Waals surface area contributed by atoms with Crippen molar-refractivity contribution in [2.75, 3.05) is 6.61 Å². The molecule has 92 valence electrons. The highest BCUT2D eigenvalue weighted by Gasteiger charge is 2.29. The minimum absolute atomic E-state index is 0.153. The lowest BCUT2D eigenvalue weighted by Crippen LogP contribution is -2.23. The molecule has 1 unspecified atom stereocenters. The van der Waals surface area contributed by atoms with E-state index in [2.05, 4.69) is 15.9 Å². The first kappa shape index (κ1) is 12.4. The Bertz CT molecular complexity index is 434. The van der Waals surface area contributed by atoms with Crippen molar-refractivity contribution >= 4 is 21.9 Å². The third-order valence-electron chi connectivity index (χ3n) is 2.62. The first-order valence-electron chi connectivity index (χ1n) is 5.46. The Morgan fingerprint density at radius 3 is 2.94 bits per heavy atom. The summed E-state index contributed by atoms with van der Waals surface area (Å²) >= 11 is 3.39. The molecule has 0 saturated carbocycles. The average molecular weight is 300 g/mol. The van der Waals surface area contributed by atoms with E-state index in [9.17, 15) is 4.79 Å². The highest BCUT2D eigenvalue weighted by Crippen LogP contribution is 2.29. The number of carbonyl (C=O) groups is 1. The summed E-state index contributed by atoms with van der Waals surface area (Å²) in [6.07, 6.45) is 0.0847. The topological polar surface area (TPSA) is 61.6 Å². The number of halogens is 1. The smallest absolute Gasteiger partial charge is 0.347 e. The fraction of sp³-hybridized carbons (Fsp3) is 0.417. The van der Waals surface area contributed by atoms with Crippen molar-refractivity contribution in [2.45, 2.75) is 25.5 Å². The van der Waals surface area contributed by atoms with Crippen LogP contribution in [0.2, 0.25) is 0 Å². The summed E-state index contributed by atoms with van der Waals surface area (Å²) < 4.78 is 11.5. The SMILES string of the molecule is C[C@@H](N)c1cc(Br)ccc1OC1CCOC1=O. The maximum absolute atomic E-state index is 11.3. The van der Waals surface area contributed by atoms with Gasteiger partial charge in [0.2, 0.25) is 0 Å². The Balaban J connectivity index is 2.22. The summed E-state index contributed by atoms with van der Waals surface area (Å²) in [5, 5.41) is 0. The monoisotopic (exact) mass is 299 g/mol. The van der Waals surface area contributed by atoms with Gasteiger partial charge in [-0.2, -0.15) is 0 Å². The maximum atomic E-state index is 11.3. The summed E-state index contributed by atoms with van der Waals surface area (Å²) in [5.74, 6) is 0.343. The predicted octanol–water partition coefficient (Wildman–Crippen LogP) is 2.16. The quantitative estimate of drug-likeness (QED) is 0.869. The molecule has 1 heterocycles. The number of esters is 1. The van der Waals surface area contributed by atoms with Crippen LogP contribution >= 0.6 is 15.9 Å². The van der Waals surface area contributed by atoms with Gasteiger partial charge in [0.05, 0.1) is 6.61 Å². The van der Waals surface area contributed by atoms with Crippen molar-refractivity contribution in [3.63, 3.8) is 0 Å². The van der Waals surface area contributed by atoms with Crippen LogP contribution in [0.4, 0.5) is 0 Å². The van der Waals surface area contributed by atoms with Crippen LogP contribution in [-0.4, -0.2) is 18.7 Å². The molecular weight excluding hydrogens is 286 g/mol. The lowest BCUT2D eigenvalue weighted by atomic mass is 10.1. The van der Waals surface area contributed by atoms with E-state index in [4.69, 9.17) is 15.2 Å². The second-order valence-electron chi connectivity index (χ2n) is 4.03. The summed E-state index contributed by atoms with van der Waals surface area (Å²) in [5.41, 5.74) is 6.75. The van der Waals surface area contributed by atoms with E-state index in [-0.39, 0.29) is 12.0 Å². The second kappa shape index (κ2) is 5.06. The van der Waals surface area contributed by atoms with Gasteiger partial charge in [0, 0.05) is 22.5 Å². The lowest BCUT2D eigenvalue weighted by Gasteiger charge is -2.16. The molecule has 0 spiro atoms. The number of carbonyl (C=O) groups excluding carboxylic acids is 1. The highest BCUT2D eigenvalue weighted by molar-refractivity contribution is 9.10. The van der Waals surface area contributed by atoms with Crippen molar-refractivity contribution in [2.24, 2.45) is 5.73 Å². The van der Waals surface area contributed by atoms with E-state index in [0.717, 1.165) is 10.0 Å². The van der Waals surface area contributed by atoms with Gasteiger partial charge in [0.1, 0.15) is 5.75 Å². The number of cyclic esters (lactones) is 1. The molecule has 0 amide bonds. The van der Waals surface area contributed by atoms with Gasteiger partial charge < -0.3 is 15.2 Å². The van der Waals surface area contributed by atoms with E-state index in [0.29, 0.717) is 18.8 Å². The number of nitrogens with two attached hydrogens (primary N) is 1. The Hall–Kier alpha value is -1.07. The lowest BCUT2D eigenvalue weighted by molar-refractivity contribution is -0.143. The first-order valence-corrected chi connectivity index (χ1v) is 6.25. The molecule has 0 aliphatic carbocycles. The van der Waals surface area contributed by atoms with Gasteiger partial charge in [-0.3, -0.25) is 0 Å². The van der Waals surface area contributed by atoms with Crippen LogP contribution in [-0.2, 0) is 9.53 Å². The van der Waals surface area contributed by atoms with Crippen molar-refractivity contribution in [3.8, 4) is 5.75 Å². The molecule has 2 rings (SSSR count). The third-order valence-corrected chi connectivity index (χ3v) is 3.11. The summed E-state index contributed by atoms with van der Waals surface area (Å²) in [4.78, 5) is 11.3. The molecule has 0 bridgehead atoms. The Morgan fingerprint density at radius 2 is 2.35 bits per heavy atom. The summed E-state index contributed by atoms with van der Waals surface area (Å²) in [6.45, 7) is 2.30. The maximum Gasteiger partial charge on any atom is 0.347 e. The van der Waals surface area contributed by atoms with Gasteiger partial charge in [0.25, 0.3) is 0 Å². The molecule has 0 aromatic heterocycles. The van der Waals surface area contributed by atoms with Crippen LogP contribution in [0.3, 0.4) is 0 Å². The van der Waals surface area contributed by atoms with Crippen molar-refractivity contribution in [1.29, 1.82) is 0 Å². The standard InChI is InChI=1S/C12H14BrNO3/c1-7(14)9-6-8(13)2-3-10(9)17-11-4-5-16-12(11)15/h2-3,6-7,11H,4-5,14H2,1H3/t7-,11?/m1/s1. The molecule has 4 nitrogen and oxygen atoms in total. The van der Waals surface area contributed by atoms with E-state index in [1.807, 2.05) is 25.1 Å². The third kappa shape index (κ3) is 2.79. The van der Waals surface area contributed by atoms with Gasteiger partial charge >= 0.3 is 5.97 Å². The fourth-order valence-corrected chi connectivity index (χ4v) is 2.10. The van der Waals surface area contributed by atoms with Crippen molar-refractivity contribution < 1.29 is 14.3 Å². The fourth-order valence-electron chi connectivity index (χ4n) is 1.72. The molecule has 0 radical (unpaired) electrons. The summed E-state index contributed by atoms with van der Waals surface area (Å²) in [6, 6.07) is 5.43. The van der Waals surface area contributed by atoms with Crippen molar-refractivity contribution in [1.82, 2.24) is 0 Å². The van der Waals surface area contributed by atoms with Gasteiger partial charge in [-0.1, -0.05) is 15.9 Å². The van der Waals surface area contributed by atoms with Crippen LogP contribution in [0.1, 0.15) is 24.9 Å². The van der Waals surface area contributed by atoms with Crippen LogP contribution < -0.4 is 10.5 Å². The van der Waals surface area contributed by atoms with E-state index in [1.165, 1.54) is 0 Å². The first-order chi connectivity index (χ1) is 8.08. The van der Waals surface area contributed by atoms with Crippen LogP contribution in [0.5, 0.6) is 5.75 Å². The number of hydrogen-bond acceptors (Lipinski definition) is 4. The second-order valence-corrected chi connectivity index (χ2v) is 4.95. The van der Waals surface area contributed by atoms with Gasteiger partial charge in [-0.05, 0) is 25.1 Å². The van der Waals surface area contributed by atoms with E-state index in [1.54, 1.807) is 0 Å². The molecule has 1 fully saturated rings. The van der Waals surface area contributed by atoms with Crippen LogP contribution in [0.25, 0.3) is 0 Å².